The quantitative estimate of drug-likeness (QED) is 0.798. The number of nitrogens with one attached hydrogen (secondary N) is 1. The lowest BCUT2D eigenvalue weighted by Gasteiger charge is -2.38. The van der Waals surface area contributed by atoms with Crippen molar-refractivity contribution in [3.05, 3.63) is 41.6 Å². The fourth-order valence-electron chi connectivity index (χ4n) is 4.16. The number of alkyl halides is 3. The van der Waals surface area contributed by atoms with E-state index in [1.807, 2.05) is 24.3 Å². The zero-order valence-corrected chi connectivity index (χ0v) is 12.0. The SMILES string of the molecule is O=C1C=C2Nc3ccccc3[C@@]23CCN(C(=O)C(F)(F)F)[C@H]3C1. The maximum absolute atomic E-state index is 12.9. The van der Waals surface area contributed by atoms with Gasteiger partial charge in [0.2, 0.25) is 0 Å². The molecular formula is C16H13F3N2O2. The van der Waals surface area contributed by atoms with Crippen molar-refractivity contribution in [1.82, 2.24) is 4.90 Å². The highest BCUT2D eigenvalue weighted by Gasteiger charge is 2.60. The number of para-hydroxylation sites is 1. The van der Waals surface area contributed by atoms with E-state index < -0.39 is 23.5 Å². The molecule has 2 atom stereocenters. The first-order valence-electron chi connectivity index (χ1n) is 7.33. The van der Waals surface area contributed by atoms with Crippen molar-refractivity contribution in [2.45, 2.75) is 30.5 Å². The second-order valence-corrected chi connectivity index (χ2v) is 6.13. The third-order valence-electron chi connectivity index (χ3n) is 5.05. The average Bonchev–Trinajstić information content (AvgIpc) is 3.00. The van der Waals surface area contributed by atoms with Crippen molar-refractivity contribution in [3.8, 4) is 0 Å². The largest absolute Gasteiger partial charge is 0.471 e. The van der Waals surface area contributed by atoms with E-state index in [1.165, 1.54) is 6.08 Å². The second-order valence-electron chi connectivity index (χ2n) is 6.13. The van der Waals surface area contributed by atoms with Crippen LogP contribution < -0.4 is 5.32 Å². The Hall–Kier alpha value is -2.31. The van der Waals surface area contributed by atoms with E-state index >= 15 is 0 Å². The molecule has 1 aromatic carbocycles. The molecule has 3 aliphatic rings. The van der Waals surface area contributed by atoms with E-state index in [0.717, 1.165) is 16.2 Å². The summed E-state index contributed by atoms with van der Waals surface area (Å²) in [6.07, 6.45) is -3.16. The summed E-state index contributed by atoms with van der Waals surface area (Å²) in [4.78, 5) is 24.6. The molecule has 7 heteroatoms. The molecule has 1 fully saturated rings. The van der Waals surface area contributed by atoms with E-state index in [1.54, 1.807) is 0 Å². The summed E-state index contributed by atoms with van der Waals surface area (Å²) in [5, 5.41) is 3.15. The minimum Gasteiger partial charge on any atom is -0.358 e. The number of likely N-dealkylation sites (tertiary alicyclic amines) is 1. The zero-order valence-electron chi connectivity index (χ0n) is 12.0. The van der Waals surface area contributed by atoms with Crippen molar-refractivity contribution in [2.75, 3.05) is 11.9 Å². The lowest BCUT2D eigenvalue weighted by Crippen LogP contribution is -2.51. The molecule has 1 N–H and O–H groups in total. The van der Waals surface area contributed by atoms with E-state index in [4.69, 9.17) is 0 Å². The number of hydrogen-bond donors (Lipinski definition) is 1. The van der Waals surface area contributed by atoms with Gasteiger partial charge in [-0.05, 0) is 18.1 Å². The fraction of sp³-hybridized carbons (Fsp3) is 0.375. The fourth-order valence-corrected chi connectivity index (χ4v) is 4.16. The molecule has 4 rings (SSSR count). The summed E-state index contributed by atoms with van der Waals surface area (Å²) < 4.78 is 38.7. The van der Waals surface area contributed by atoms with Gasteiger partial charge in [0.1, 0.15) is 0 Å². The number of fused-ring (bicyclic) bond motifs is 1. The van der Waals surface area contributed by atoms with E-state index in [0.29, 0.717) is 12.1 Å². The summed E-state index contributed by atoms with van der Waals surface area (Å²) in [5.74, 6) is -2.12. The highest BCUT2D eigenvalue weighted by Crippen LogP contribution is 2.55. The molecule has 120 valence electrons. The summed E-state index contributed by atoms with van der Waals surface area (Å²) in [5.41, 5.74) is 1.53. The summed E-state index contributed by atoms with van der Waals surface area (Å²) in [6.45, 7) is -0.0103. The molecule has 0 unspecified atom stereocenters. The number of ketones is 1. The van der Waals surface area contributed by atoms with Gasteiger partial charge < -0.3 is 10.2 Å². The number of halogens is 3. The first-order valence-corrected chi connectivity index (χ1v) is 7.33. The van der Waals surface area contributed by atoms with Crippen molar-refractivity contribution in [1.29, 1.82) is 0 Å². The Morgan fingerprint density at radius 3 is 2.78 bits per heavy atom. The van der Waals surface area contributed by atoms with Gasteiger partial charge in [-0.1, -0.05) is 18.2 Å². The Labute approximate surface area is 130 Å². The highest BCUT2D eigenvalue weighted by atomic mass is 19.4. The smallest absolute Gasteiger partial charge is 0.358 e. The molecule has 0 saturated carbocycles. The molecule has 1 saturated heterocycles. The Morgan fingerprint density at radius 1 is 1.30 bits per heavy atom. The second kappa shape index (κ2) is 4.37. The normalized spacial score (nSPS) is 28.7. The molecule has 1 amide bonds. The molecule has 1 aromatic rings. The van der Waals surface area contributed by atoms with Crippen LogP contribution in [0.5, 0.6) is 0 Å². The summed E-state index contributed by atoms with van der Waals surface area (Å²) in [7, 11) is 0. The first kappa shape index (κ1) is 14.3. The van der Waals surface area contributed by atoms with Crippen LogP contribution in [-0.4, -0.2) is 35.4 Å². The average molecular weight is 322 g/mol. The van der Waals surface area contributed by atoms with Crippen molar-refractivity contribution >= 4 is 17.4 Å². The molecule has 1 aliphatic carbocycles. The predicted octanol–water partition coefficient (Wildman–Crippen LogP) is 2.37. The van der Waals surface area contributed by atoms with Crippen LogP contribution in [0.3, 0.4) is 0 Å². The Bertz CT molecular complexity index is 756. The topological polar surface area (TPSA) is 49.4 Å². The molecule has 23 heavy (non-hydrogen) atoms. The number of allylic oxidation sites excluding steroid dienone is 1. The Morgan fingerprint density at radius 2 is 2.04 bits per heavy atom. The van der Waals surface area contributed by atoms with Gasteiger partial charge in [-0.3, -0.25) is 9.59 Å². The van der Waals surface area contributed by atoms with Crippen LogP contribution in [0.25, 0.3) is 0 Å². The number of rotatable bonds is 0. The maximum atomic E-state index is 12.9. The van der Waals surface area contributed by atoms with E-state index in [-0.39, 0.29) is 18.7 Å². The van der Waals surface area contributed by atoms with Crippen LogP contribution in [0.2, 0.25) is 0 Å². The van der Waals surface area contributed by atoms with Gasteiger partial charge >= 0.3 is 12.1 Å². The molecule has 2 aliphatic heterocycles. The molecule has 0 radical (unpaired) electrons. The lowest BCUT2D eigenvalue weighted by atomic mass is 9.69. The number of nitrogens with zero attached hydrogens (tertiary/aromatic N) is 1. The van der Waals surface area contributed by atoms with Gasteiger partial charge in [0.15, 0.2) is 5.78 Å². The first-order chi connectivity index (χ1) is 10.8. The summed E-state index contributed by atoms with van der Waals surface area (Å²) in [6, 6.07) is 6.54. The van der Waals surface area contributed by atoms with Crippen LogP contribution in [0.15, 0.2) is 36.0 Å². The van der Waals surface area contributed by atoms with Crippen molar-refractivity contribution in [3.63, 3.8) is 0 Å². The zero-order chi connectivity index (χ0) is 16.4. The van der Waals surface area contributed by atoms with E-state index in [9.17, 15) is 22.8 Å². The third-order valence-corrected chi connectivity index (χ3v) is 5.05. The number of carbonyl (C=O) groups excluding carboxylic acids is 2. The number of benzene rings is 1. The molecule has 1 spiro atoms. The predicted molar refractivity (Wildman–Crippen MR) is 75.6 cm³/mol. The maximum Gasteiger partial charge on any atom is 0.471 e. The molecule has 2 heterocycles. The lowest BCUT2D eigenvalue weighted by molar-refractivity contribution is -0.186. The van der Waals surface area contributed by atoms with Crippen molar-refractivity contribution in [2.24, 2.45) is 0 Å². The number of amides is 1. The van der Waals surface area contributed by atoms with E-state index in [2.05, 4.69) is 5.32 Å². The molecule has 0 aromatic heterocycles. The minimum absolute atomic E-state index is 0.0103. The highest BCUT2D eigenvalue weighted by molar-refractivity contribution is 5.96. The third kappa shape index (κ3) is 1.79. The molecule has 4 nitrogen and oxygen atoms in total. The van der Waals surface area contributed by atoms with Crippen LogP contribution in [0, 0.1) is 0 Å². The van der Waals surface area contributed by atoms with Gasteiger partial charge in [0.05, 0.1) is 11.5 Å². The number of hydrogen-bond acceptors (Lipinski definition) is 3. The number of anilines is 1. The number of carbonyl (C=O) groups is 2. The molecule has 0 bridgehead atoms. The summed E-state index contributed by atoms with van der Waals surface area (Å²) >= 11 is 0. The van der Waals surface area contributed by atoms with Gasteiger partial charge in [-0.15, -0.1) is 0 Å². The molecular weight excluding hydrogens is 309 g/mol. The van der Waals surface area contributed by atoms with Gasteiger partial charge in [0.25, 0.3) is 0 Å². The van der Waals surface area contributed by atoms with Crippen LogP contribution >= 0.6 is 0 Å². The van der Waals surface area contributed by atoms with Gasteiger partial charge in [0, 0.05) is 30.4 Å². The van der Waals surface area contributed by atoms with Gasteiger partial charge in [-0.2, -0.15) is 13.2 Å². The van der Waals surface area contributed by atoms with Gasteiger partial charge in [-0.25, -0.2) is 0 Å². The van der Waals surface area contributed by atoms with Crippen LogP contribution in [0.1, 0.15) is 18.4 Å². The monoisotopic (exact) mass is 322 g/mol. The Kier molecular flexibility index (Phi) is 2.71. The van der Waals surface area contributed by atoms with Crippen LogP contribution in [-0.2, 0) is 15.0 Å². The van der Waals surface area contributed by atoms with Crippen molar-refractivity contribution < 1.29 is 22.8 Å². The Balaban J connectivity index is 1.85. The standard InChI is InChI=1S/C16H13F3N2O2/c17-16(18,19)14(23)21-6-5-15-10-3-1-2-4-11(10)20-12(15)7-9(22)8-13(15)21/h1-4,7,13,20H,5-6,8H2/t13-,15-/m0/s1. The van der Waals surface area contributed by atoms with Crippen LogP contribution in [0.4, 0.5) is 18.9 Å². The minimum atomic E-state index is -4.93.